The zero-order valence-corrected chi connectivity index (χ0v) is 52.3. The van der Waals surface area contributed by atoms with Crippen LogP contribution in [0.5, 0.6) is 0 Å². The zero-order chi connectivity index (χ0) is 65.0. The number of hydrogen-bond acceptors (Lipinski definition) is 28. The molecule has 3 saturated carbocycles. The monoisotopic (exact) mass is 1320 g/mol. The van der Waals surface area contributed by atoms with Crippen LogP contribution in [-0.2, 0) is 101 Å². The maximum atomic E-state index is 14.4. The molecule has 27 unspecified atom stereocenters. The van der Waals surface area contributed by atoms with Crippen molar-refractivity contribution in [3.8, 4) is 0 Å². The number of esters is 1. The molecular weight excluding hydrogens is 1240 g/mol. The lowest BCUT2D eigenvalue weighted by Gasteiger charge is -2.63. The minimum atomic E-state index is -5.25. The van der Waals surface area contributed by atoms with E-state index in [-0.39, 0.29) is 30.0 Å². The van der Waals surface area contributed by atoms with Crippen molar-refractivity contribution in [2.24, 2.45) is 39.4 Å². The molecule has 0 radical (unpaired) electrons. The molecule has 504 valence electrons. The Bertz CT molecular complexity index is 2970. The third-order valence-electron chi connectivity index (χ3n) is 20.5. The van der Waals surface area contributed by atoms with Gasteiger partial charge in [-0.25, -0.2) is 12.5 Å². The van der Waals surface area contributed by atoms with Crippen LogP contribution in [0.25, 0.3) is 0 Å². The number of fused-ring (bicyclic) bond motifs is 4. The molecule has 10 N–H and O–H groups in total. The molecule has 31 nitrogen and oxygen atoms in total. The molecule has 88 heavy (non-hydrogen) atoms. The maximum absolute atomic E-state index is 14.4. The quantitative estimate of drug-likeness (QED) is 0.0293. The maximum Gasteiger partial charge on any atom is 0.397 e. The molecule has 9 rings (SSSR count). The summed E-state index contributed by atoms with van der Waals surface area (Å²) in [6.07, 6.45) is -30.3. The molecule has 34 heteroatoms. The van der Waals surface area contributed by atoms with Crippen molar-refractivity contribution in [1.82, 2.24) is 0 Å². The molecule has 5 saturated heterocycles. The highest BCUT2D eigenvalue weighted by atomic mass is 32.3. The van der Waals surface area contributed by atoms with Gasteiger partial charge in [0.25, 0.3) is 0 Å². The normalized spacial score (nSPS) is 47.1. The molecule has 5 aliphatic heterocycles. The first-order valence-electron chi connectivity index (χ1n) is 29.2. The minimum absolute atomic E-state index is 0.0373. The lowest BCUT2D eigenvalue weighted by molar-refractivity contribution is -0.388. The van der Waals surface area contributed by atoms with Crippen LogP contribution in [-0.4, -0.2) is 242 Å². The van der Waals surface area contributed by atoms with Gasteiger partial charge in [0, 0.05) is 13.5 Å². The van der Waals surface area contributed by atoms with Crippen molar-refractivity contribution >= 4 is 42.9 Å². The van der Waals surface area contributed by atoms with E-state index < -0.39 is 207 Å². The number of cyclic esters (lactones) is 1. The summed E-state index contributed by atoms with van der Waals surface area (Å²) in [5.74, 6) is -1.07. The number of allylic oxidation sites excluding steroid dienone is 3. The third-order valence-corrected chi connectivity index (χ3v) is 21.8. The van der Waals surface area contributed by atoms with E-state index in [1.165, 1.54) is 12.5 Å². The molecule has 27 atom stereocenters. The van der Waals surface area contributed by atoms with E-state index in [2.05, 4.69) is 34.9 Å². The predicted octanol–water partition coefficient (Wildman–Crippen LogP) is -0.728. The van der Waals surface area contributed by atoms with E-state index >= 15 is 0 Å². The van der Waals surface area contributed by atoms with Crippen molar-refractivity contribution in [2.75, 3.05) is 26.9 Å². The van der Waals surface area contributed by atoms with E-state index in [4.69, 9.17) is 56.1 Å². The van der Waals surface area contributed by atoms with Gasteiger partial charge in [-0.2, -0.15) is 25.3 Å². The molecule has 0 bridgehead atoms. The van der Waals surface area contributed by atoms with Gasteiger partial charge in [0.15, 0.2) is 25.2 Å². The first kappa shape index (κ1) is 69.9. The Hall–Kier alpha value is -2.41. The lowest BCUT2D eigenvalue weighted by atomic mass is 9.41. The predicted molar refractivity (Wildman–Crippen MR) is 292 cm³/mol. The molecule has 0 aromatic heterocycles. The van der Waals surface area contributed by atoms with Crippen LogP contribution in [0, 0.1) is 39.4 Å². The van der Waals surface area contributed by atoms with Crippen LogP contribution < -0.4 is 0 Å². The van der Waals surface area contributed by atoms with E-state index in [9.17, 15) is 79.7 Å². The number of rotatable bonds is 21. The molecule has 4 aliphatic carbocycles. The van der Waals surface area contributed by atoms with Crippen molar-refractivity contribution in [3.05, 3.63) is 23.8 Å². The van der Waals surface area contributed by atoms with Gasteiger partial charge in [-0.1, -0.05) is 44.9 Å². The summed E-state index contributed by atoms with van der Waals surface area (Å²) >= 11 is 0. The van der Waals surface area contributed by atoms with Crippen LogP contribution >= 0.6 is 0 Å². The Labute approximate surface area is 510 Å². The Kier molecular flexibility index (Phi) is 20.2. The molecule has 0 aromatic carbocycles. The molecular formula is C54H84O31S3. The average molecular weight is 1330 g/mol. The highest BCUT2D eigenvalue weighted by Gasteiger charge is 2.79. The van der Waals surface area contributed by atoms with Crippen LogP contribution in [0.15, 0.2) is 23.8 Å². The van der Waals surface area contributed by atoms with E-state index in [0.29, 0.717) is 38.5 Å². The number of ether oxygens (including phenoxy) is 10. The first-order chi connectivity index (χ1) is 40.7. The summed E-state index contributed by atoms with van der Waals surface area (Å²) in [5, 5.41) is 80.2. The number of carbonyl (C=O) groups excluding carboxylic acids is 2. The summed E-state index contributed by atoms with van der Waals surface area (Å²) in [6.45, 7) is 14.5. The highest BCUT2D eigenvalue weighted by molar-refractivity contribution is 7.81. The second-order valence-corrected chi connectivity index (χ2v) is 29.6. The molecule has 1 spiro atoms. The topological polar surface area (TPSA) is 459 Å². The fourth-order valence-electron chi connectivity index (χ4n) is 16.3. The van der Waals surface area contributed by atoms with E-state index in [0.717, 1.165) is 25.5 Å². The second-order valence-electron chi connectivity index (χ2n) is 26.3. The largest absolute Gasteiger partial charge is 0.458 e. The summed E-state index contributed by atoms with van der Waals surface area (Å²) in [7, 11) is -14.6. The summed E-state index contributed by atoms with van der Waals surface area (Å²) in [6, 6.07) is 0. The van der Waals surface area contributed by atoms with Gasteiger partial charge >= 0.3 is 37.2 Å². The van der Waals surface area contributed by atoms with E-state index in [1.54, 1.807) is 0 Å². The average Bonchev–Trinajstić information content (AvgIpc) is 1.44. The van der Waals surface area contributed by atoms with Crippen LogP contribution in [0.2, 0.25) is 0 Å². The summed E-state index contributed by atoms with van der Waals surface area (Å²) in [4.78, 5) is 28.8. The third kappa shape index (κ3) is 13.1. The number of hydrogen-bond donors (Lipinski definition) is 10. The Morgan fingerprint density at radius 1 is 0.682 bits per heavy atom. The molecule has 0 amide bonds. The van der Waals surface area contributed by atoms with Crippen molar-refractivity contribution in [3.63, 3.8) is 0 Å². The Balaban J connectivity index is 0.914. The number of ketones is 1. The van der Waals surface area contributed by atoms with Crippen LogP contribution in [0.4, 0.5) is 0 Å². The minimum Gasteiger partial charge on any atom is -0.458 e. The highest BCUT2D eigenvalue weighted by Crippen LogP contribution is 2.75. The van der Waals surface area contributed by atoms with Gasteiger partial charge in [0.1, 0.15) is 96.8 Å². The SMILES string of the molecule is C=C(C)CCCC1(C)OC(=O)C23CC=C4C(CCC5C4(C)CCC(OC4OCC(OS(=O)(=O)O)C(O)C4OC4OC(C)C(OC6OC(COS(=O)(=O)O)C(O)C(OC7OC(COS(=O)(=O)O)C(O)C(OC)C7O)C6O)C(O)C4O)C5(C)C)C2(C)CC(=O)C13. The van der Waals surface area contributed by atoms with Gasteiger partial charge in [0.05, 0.1) is 43.4 Å². The Morgan fingerprint density at radius 2 is 1.25 bits per heavy atom. The summed E-state index contributed by atoms with van der Waals surface area (Å²) < 4.78 is 171. The zero-order valence-electron chi connectivity index (χ0n) is 49.8. The second kappa shape index (κ2) is 25.4. The fraction of sp³-hybridized carbons (Fsp3) is 0.889. The number of carbonyl (C=O) groups is 2. The number of aliphatic hydroxyl groups is 7. The van der Waals surface area contributed by atoms with Crippen LogP contribution in [0.1, 0.15) is 106 Å². The number of methoxy groups -OCH3 is 1. The molecule has 8 fully saturated rings. The fourth-order valence-corrected chi connectivity index (χ4v) is 17.4. The first-order valence-corrected chi connectivity index (χ1v) is 33.3. The Morgan fingerprint density at radius 3 is 1.83 bits per heavy atom. The van der Waals surface area contributed by atoms with Crippen molar-refractivity contribution in [2.45, 2.75) is 235 Å². The van der Waals surface area contributed by atoms with Gasteiger partial charge in [-0.3, -0.25) is 23.2 Å². The molecule has 0 aromatic rings. The van der Waals surface area contributed by atoms with Crippen molar-refractivity contribution in [1.29, 1.82) is 0 Å². The van der Waals surface area contributed by atoms with Gasteiger partial charge in [-0.05, 0) is 100 Å². The number of aliphatic hydroxyl groups excluding tert-OH is 7. The van der Waals surface area contributed by atoms with Gasteiger partial charge in [-0.15, -0.1) is 6.58 Å². The number of Topliss-reactive ketones (excluding diaryl/α,β-unsaturated/α-hetero) is 1. The summed E-state index contributed by atoms with van der Waals surface area (Å²) in [5.41, 5.74) is -1.66. The lowest BCUT2D eigenvalue weighted by Crippen LogP contribution is -2.67. The van der Waals surface area contributed by atoms with Gasteiger partial charge < -0.3 is 83.1 Å². The van der Waals surface area contributed by atoms with Crippen LogP contribution in [0.3, 0.4) is 0 Å². The van der Waals surface area contributed by atoms with E-state index in [1.807, 2.05) is 27.7 Å². The molecule has 5 heterocycles. The standard InChI is InChI=1S/C54H84O31S3/c1-23(2)11-10-16-53(8)44-27(55)19-52(7)26-12-13-31-50(4,5)32(15-17-51(31,6)25(26)14-18-54(44,52)49(63)84-53)80-48-43(35(58)30(20-74-48)85-88(70,71)72)83-45-37(60)36(59)40(24(3)77-45)81-47-39(62)42(34(57)29(79-47)22-76-87(67,68)69)82-46-38(61)41(73-9)33(56)28(78-46)21-75-86(64,65)66/h14,24,26,28-48,56-62H,1,10-13,15-22H2,2-9H3,(H,64,65,66)(H,67,68,69)(H,70,71,72). The molecule has 9 aliphatic rings. The van der Waals surface area contributed by atoms with Gasteiger partial charge in [0.2, 0.25) is 0 Å². The van der Waals surface area contributed by atoms with Crippen molar-refractivity contribution < 1.29 is 144 Å². The smallest absolute Gasteiger partial charge is 0.397 e.